The van der Waals surface area contributed by atoms with Gasteiger partial charge < -0.3 is 5.32 Å². The lowest BCUT2D eigenvalue weighted by molar-refractivity contribution is -0.114. The van der Waals surface area contributed by atoms with Gasteiger partial charge in [0.05, 0.1) is 12.2 Å². The van der Waals surface area contributed by atoms with Crippen LogP contribution < -0.4 is 16.2 Å². The lowest BCUT2D eigenvalue weighted by Gasteiger charge is -2.12. The fraction of sp³-hybridized carbons (Fsp3) is 0.0800. The maximum absolute atomic E-state index is 12.5. The number of amides is 2. The third-order valence-corrected chi connectivity index (χ3v) is 4.88. The smallest absolute Gasteiger partial charge is 0.269 e. The first kappa shape index (κ1) is 22.4. The van der Waals surface area contributed by atoms with E-state index in [1.165, 1.54) is 11.7 Å². The maximum atomic E-state index is 12.5. The molecule has 0 fully saturated rings. The van der Waals surface area contributed by atoms with Crippen molar-refractivity contribution in [2.24, 2.45) is 0 Å². The fourth-order valence-electron chi connectivity index (χ4n) is 3.20. The molecule has 0 aliphatic rings. The van der Waals surface area contributed by atoms with Gasteiger partial charge in [0.1, 0.15) is 0 Å². The molecule has 2 amide bonds. The molecule has 0 unspecified atom stereocenters. The summed E-state index contributed by atoms with van der Waals surface area (Å²) in [7, 11) is 0. The molecule has 0 bridgehead atoms. The van der Waals surface area contributed by atoms with E-state index >= 15 is 0 Å². The molecule has 0 spiro atoms. The van der Waals surface area contributed by atoms with E-state index in [1.54, 1.807) is 30.3 Å². The van der Waals surface area contributed by atoms with Gasteiger partial charge in [-0.05, 0) is 35.0 Å². The monoisotopic (exact) mass is 453 g/mol. The molecule has 3 N–H and O–H groups in total. The molecule has 4 aromatic rings. The molecule has 0 saturated carbocycles. The van der Waals surface area contributed by atoms with Gasteiger partial charge in [-0.15, -0.1) is 10.2 Å². The number of tetrazole rings is 1. The molecule has 9 nitrogen and oxygen atoms in total. The van der Waals surface area contributed by atoms with Crippen LogP contribution in [0.4, 0.5) is 5.69 Å². The second-order valence-corrected chi connectivity index (χ2v) is 7.53. The van der Waals surface area contributed by atoms with Crippen LogP contribution in [-0.4, -0.2) is 32.0 Å². The van der Waals surface area contributed by atoms with Crippen LogP contribution in [0, 0.1) is 0 Å². The van der Waals surface area contributed by atoms with Crippen LogP contribution in [0.3, 0.4) is 0 Å². The Hall–Kier alpha value is -4.79. The van der Waals surface area contributed by atoms with Crippen molar-refractivity contribution in [3.8, 4) is 11.4 Å². The van der Waals surface area contributed by atoms with E-state index in [-0.39, 0.29) is 11.8 Å². The minimum absolute atomic E-state index is 0.163. The number of carbonyl (C=O) groups excluding carboxylic acids is 2. The molecule has 0 atom stereocenters. The molecule has 3 aromatic carbocycles. The van der Waals surface area contributed by atoms with Gasteiger partial charge >= 0.3 is 0 Å². The van der Waals surface area contributed by atoms with Gasteiger partial charge in [0.2, 0.25) is 11.7 Å². The van der Waals surface area contributed by atoms with Gasteiger partial charge in [-0.3, -0.25) is 20.4 Å². The van der Waals surface area contributed by atoms with Crippen molar-refractivity contribution in [1.29, 1.82) is 0 Å². The molecule has 0 saturated heterocycles. The molecule has 0 aliphatic heterocycles. The molecule has 4 rings (SSSR count). The fourth-order valence-corrected chi connectivity index (χ4v) is 3.20. The molecule has 1 heterocycles. The van der Waals surface area contributed by atoms with Crippen LogP contribution in [0.5, 0.6) is 0 Å². The number of nitrogens with one attached hydrogen (secondary N) is 3. The van der Waals surface area contributed by atoms with Crippen LogP contribution >= 0.6 is 0 Å². The summed E-state index contributed by atoms with van der Waals surface area (Å²) in [5.74, 6) is 0.0881. The normalized spacial score (nSPS) is 10.4. The van der Waals surface area contributed by atoms with Crippen molar-refractivity contribution in [3.05, 3.63) is 102 Å². The van der Waals surface area contributed by atoms with Gasteiger partial charge in [-0.2, -0.15) is 4.80 Å². The van der Waals surface area contributed by atoms with Crippen molar-refractivity contribution in [2.45, 2.75) is 13.5 Å². The number of rotatable bonds is 8. The summed E-state index contributed by atoms with van der Waals surface area (Å²) in [4.78, 5) is 25.3. The lowest BCUT2D eigenvalue weighted by atomic mass is 10.1. The second kappa shape index (κ2) is 10.2. The molecule has 9 heteroatoms. The average molecular weight is 454 g/mol. The van der Waals surface area contributed by atoms with Crippen LogP contribution in [-0.2, 0) is 11.3 Å². The Kier molecular flexibility index (Phi) is 6.73. The van der Waals surface area contributed by atoms with Crippen LogP contribution in [0.25, 0.3) is 17.1 Å². The summed E-state index contributed by atoms with van der Waals surface area (Å²) in [6.07, 6.45) is 0. The Labute approximate surface area is 196 Å². The van der Waals surface area contributed by atoms with E-state index in [0.717, 1.165) is 16.7 Å². The van der Waals surface area contributed by atoms with Gasteiger partial charge in [-0.1, -0.05) is 61.2 Å². The van der Waals surface area contributed by atoms with Crippen molar-refractivity contribution in [3.63, 3.8) is 0 Å². The highest BCUT2D eigenvalue weighted by molar-refractivity contribution is 5.94. The average Bonchev–Trinajstić information content (AvgIpc) is 3.31. The highest BCUT2D eigenvalue weighted by atomic mass is 16.2. The Bertz CT molecular complexity index is 1310. The van der Waals surface area contributed by atoms with Crippen LogP contribution in [0.15, 0.2) is 85.4 Å². The zero-order valence-corrected chi connectivity index (χ0v) is 18.5. The van der Waals surface area contributed by atoms with Crippen molar-refractivity contribution < 1.29 is 9.59 Å². The summed E-state index contributed by atoms with van der Waals surface area (Å²) in [5.41, 5.74) is 9.62. The molecular formula is C25H23N7O2. The number of nitrogens with zero attached hydrogens (tertiary/aromatic N) is 4. The SMILES string of the molecule is C=C(NNC(=O)c1ccc(Cn2nnc(-c3ccccc3)n2)cc1)c1cccc(NC(C)=O)c1. The number of hydrazine groups is 1. The predicted molar refractivity (Wildman–Crippen MR) is 129 cm³/mol. The van der Waals surface area contributed by atoms with Crippen LogP contribution in [0.1, 0.15) is 28.4 Å². The third-order valence-electron chi connectivity index (χ3n) is 4.88. The first-order valence-corrected chi connectivity index (χ1v) is 10.5. The zero-order chi connectivity index (χ0) is 23.9. The first-order valence-electron chi connectivity index (χ1n) is 10.5. The van der Waals surface area contributed by atoms with Crippen molar-refractivity contribution in [2.75, 3.05) is 5.32 Å². The van der Waals surface area contributed by atoms with Crippen molar-refractivity contribution in [1.82, 2.24) is 31.1 Å². The van der Waals surface area contributed by atoms with E-state index in [4.69, 9.17) is 0 Å². The highest BCUT2D eigenvalue weighted by Gasteiger charge is 2.09. The van der Waals surface area contributed by atoms with E-state index in [0.29, 0.717) is 29.3 Å². The topological polar surface area (TPSA) is 114 Å². The number of hydrogen-bond acceptors (Lipinski definition) is 6. The predicted octanol–water partition coefficient (Wildman–Crippen LogP) is 3.25. The Morgan fingerprint density at radius 3 is 2.41 bits per heavy atom. The van der Waals surface area contributed by atoms with E-state index < -0.39 is 0 Å². The summed E-state index contributed by atoms with van der Waals surface area (Å²) >= 11 is 0. The van der Waals surface area contributed by atoms with Gasteiger partial charge in [-0.25, -0.2) is 0 Å². The number of carbonyl (C=O) groups is 2. The molecule has 170 valence electrons. The summed E-state index contributed by atoms with van der Waals surface area (Å²) in [5, 5.41) is 15.3. The molecule has 34 heavy (non-hydrogen) atoms. The van der Waals surface area contributed by atoms with E-state index in [1.807, 2.05) is 48.5 Å². The highest BCUT2D eigenvalue weighted by Crippen LogP contribution is 2.16. The molecular weight excluding hydrogens is 430 g/mol. The van der Waals surface area contributed by atoms with E-state index in [9.17, 15) is 9.59 Å². The van der Waals surface area contributed by atoms with Gasteiger partial charge in [0, 0.05) is 29.3 Å². The number of hydrogen-bond donors (Lipinski definition) is 3. The molecule has 0 aliphatic carbocycles. The van der Waals surface area contributed by atoms with Gasteiger partial charge in [0.15, 0.2) is 0 Å². The third kappa shape index (κ3) is 5.71. The first-order chi connectivity index (χ1) is 16.5. The Morgan fingerprint density at radius 2 is 1.68 bits per heavy atom. The zero-order valence-electron chi connectivity index (χ0n) is 18.5. The summed E-state index contributed by atoms with van der Waals surface area (Å²) in [6.45, 7) is 5.81. The summed E-state index contributed by atoms with van der Waals surface area (Å²) < 4.78 is 0. The Balaban J connectivity index is 1.32. The minimum atomic E-state index is -0.309. The van der Waals surface area contributed by atoms with Gasteiger partial charge in [0.25, 0.3) is 5.91 Å². The largest absolute Gasteiger partial charge is 0.326 e. The van der Waals surface area contributed by atoms with E-state index in [2.05, 4.69) is 38.2 Å². The lowest BCUT2D eigenvalue weighted by Crippen LogP contribution is -2.35. The number of anilines is 1. The number of aromatic nitrogens is 4. The quantitative estimate of drug-likeness (QED) is 0.353. The molecule has 1 aromatic heterocycles. The summed E-state index contributed by atoms with van der Waals surface area (Å²) in [6, 6.07) is 23.9. The minimum Gasteiger partial charge on any atom is -0.326 e. The maximum Gasteiger partial charge on any atom is 0.269 e. The van der Waals surface area contributed by atoms with Crippen LogP contribution in [0.2, 0.25) is 0 Å². The van der Waals surface area contributed by atoms with Crippen molar-refractivity contribution >= 4 is 23.2 Å². The number of benzene rings is 3. The standard InChI is InChI=1S/C25H23N7O2/c1-17(22-9-6-10-23(15-22)26-18(2)33)27-29-25(34)21-13-11-19(12-14-21)16-32-30-24(28-31-32)20-7-4-3-5-8-20/h3-15,27H,1,16H2,2H3,(H,26,33)(H,29,34). The second-order valence-electron chi connectivity index (χ2n) is 7.53. The molecule has 0 radical (unpaired) electrons. The Morgan fingerprint density at radius 1 is 0.912 bits per heavy atom.